The van der Waals surface area contributed by atoms with Crippen LogP contribution in [0.2, 0.25) is 0 Å². The number of aromatic nitrogens is 3. The Labute approximate surface area is 228 Å². The summed E-state index contributed by atoms with van der Waals surface area (Å²) in [5.74, 6) is 1.72. The monoisotopic (exact) mass is 517 g/mol. The van der Waals surface area contributed by atoms with Crippen LogP contribution < -0.4 is 10.1 Å². The summed E-state index contributed by atoms with van der Waals surface area (Å²) in [6, 6.07) is 27.8. The van der Waals surface area contributed by atoms with Crippen LogP contribution in [0.25, 0.3) is 11.5 Å². The number of amides is 2. The zero-order chi connectivity index (χ0) is 27.1. The largest absolute Gasteiger partial charge is 0.497 e. The maximum atomic E-state index is 14.2. The number of para-hydroxylation sites is 1. The number of rotatable bonds is 4. The third-order valence-electron chi connectivity index (χ3n) is 7.41. The Morgan fingerprint density at radius 3 is 2.46 bits per heavy atom. The maximum Gasteiger partial charge on any atom is 0.322 e. The van der Waals surface area contributed by atoms with E-state index < -0.39 is 0 Å². The van der Waals surface area contributed by atoms with E-state index in [1.54, 1.807) is 7.11 Å². The molecule has 5 aromatic rings. The molecule has 7 nitrogen and oxygen atoms in total. The van der Waals surface area contributed by atoms with Gasteiger partial charge in [-0.15, -0.1) is 0 Å². The van der Waals surface area contributed by atoms with Crippen LogP contribution >= 0.6 is 0 Å². The van der Waals surface area contributed by atoms with Crippen LogP contribution in [0.4, 0.5) is 10.5 Å². The number of carbonyl (C=O) groups is 1. The number of fused-ring (bicyclic) bond motifs is 3. The van der Waals surface area contributed by atoms with Gasteiger partial charge >= 0.3 is 6.03 Å². The lowest BCUT2D eigenvalue weighted by atomic mass is 10.0. The molecule has 39 heavy (non-hydrogen) atoms. The highest BCUT2D eigenvalue weighted by Gasteiger charge is 2.36. The van der Waals surface area contributed by atoms with E-state index in [0.29, 0.717) is 6.54 Å². The van der Waals surface area contributed by atoms with Crippen molar-refractivity contribution in [3.63, 3.8) is 0 Å². The lowest BCUT2D eigenvalue weighted by Crippen LogP contribution is -2.38. The van der Waals surface area contributed by atoms with Crippen LogP contribution in [0.3, 0.4) is 0 Å². The van der Waals surface area contributed by atoms with Crippen LogP contribution in [0.15, 0.2) is 91.1 Å². The van der Waals surface area contributed by atoms with Gasteiger partial charge in [-0.2, -0.15) is 5.10 Å². The molecule has 1 atom stereocenters. The van der Waals surface area contributed by atoms with E-state index in [0.717, 1.165) is 56.6 Å². The third-order valence-corrected chi connectivity index (χ3v) is 7.41. The Hall–Kier alpha value is -4.78. The highest BCUT2D eigenvalue weighted by molar-refractivity contribution is 5.91. The minimum absolute atomic E-state index is 0.169. The van der Waals surface area contributed by atoms with Gasteiger partial charge in [-0.25, -0.2) is 9.48 Å². The van der Waals surface area contributed by atoms with Gasteiger partial charge in [0.15, 0.2) is 0 Å². The van der Waals surface area contributed by atoms with E-state index in [2.05, 4.69) is 28.2 Å². The second-order valence-corrected chi connectivity index (χ2v) is 9.99. The average molecular weight is 518 g/mol. The van der Waals surface area contributed by atoms with Crippen molar-refractivity contribution >= 4 is 11.7 Å². The summed E-state index contributed by atoms with van der Waals surface area (Å²) in [5.41, 5.74) is 7.75. The zero-order valence-electron chi connectivity index (χ0n) is 22.6. The summed E-state index contributed by atoms with van der Waals surface area (Å²) < 4.78 is 9.57. The van der Waals surface area contributed by atoms with Crippen molar-refractivity contribution < 1.29 is 9.53 Å². The number of methoxy groups -OCH3 is 1. The van der Waals surface area contributed by atoms with Crippen molar-refractivity contribution in [2.24, 2.45) is 0 Å². The molecule has 3 aromatic carbocycles. The van der Waals surface area contributed by atoms with Gasteiger partial charge in [0.25, 0.3) is 0 Å². The van der Waals surface area contributed by atoms with Gasteiger partial charge in [-0.1, -0.05) is 42.5 Å². The molecule has 1 aliphatic rings. The second kappa shape index (κ2) is 9.83. The molecular formula is C32H31N5O2. The number of anilines is 1. The molecule has 2 amide bonds. The molecule has 0 radical (unpaired) electrons. The Morgan fingerprint density at radius 1 is 0.949 bits per heavy atom. The summed E-state index contributed by atoms with van der Waals surface area (Å²) in [4.78, 5) is 16.1. The van der Waals surface area contributed by atoms with Crippen LogP contribution in [0.1, 0.15) is 39.7 Å². The minimum atomic E-state index is -0.341. The van der Waals surface area contributed by atoms with Gasteiger partial charge in [0.05, 0.1) is 36.8 Å². The number of benzene rings is 3. The summed E-state index contributed by atoms with van der Waals surface area (Å²) in [7, 11) is 1.66. The van der Waals surface area contributed by atoms with Gasteiger partial charge in [0.1, 0.15) is 11.6 Å². The maximum absolute atomic E-state index is 14.2. The Morgan fingerprint density at radius 2 is 1.72 bits per heavy atom. The number of urea groups is 1. The molecule has 196 valence electrons. The molecule has 2 aromatic heterocycles. The van der Waals surface area contributed by atoms with Crippen molar-refractivity contribution in [2.45, 2.75) is 33.4 Å². The fourth-order valence-corrected chi connectivity index (χ4v) is 5.34. The van der Waals surface area contributed by atoms with E-state index in [9.17, 15) is 4.79 Å². The van der Waals surface area contributed by atoms with Gasteiger partial charge in [0.2, 0.25) is 0 Å². The molecule has 3 heterocycles. The highest BCUT2D eigenvalue weighted by Crippen LogP contribution is 2.39. The van der Waals surface area contributed by atoms with E-state index in [-0.39, 0.29) is 12.1 Å². The first-order valence-corrected chi connectivity index (χ1v) is 13.0. The second-order valence-electron chi connectivity index (χ2n) is 9.99. The van der Waals surface area contributed by atoms with E-state index in [4.69, 9.17) is 9.84 Å². The minimum Gasteiger partial charge on any atom is -0.497 e. The van der Waals surface area contributed by atoms with Crippen molar-refractivity contribution in [1.29, 1.82) is 0 Å². The zero-order valence-corrected chi connectivity index (χ0v) is 22.6. The SMILES string of the molecule is COc1ccc([C@H]2c3cccn3-c3c(c(C)nn3-c3ccccc3)CN2C(=O)Nc2cc(C)ccc2C)cc1. The van der Waals surface area contributed by atoms with Crippen molar-refractivity contribution in [3.05, 3.63) is 125 Å². The van der Waals surface area contributed by atoms with Gasteiger partial charge < -0.3 is 19.5 Å². The summed E-state index contributed by atoms with van der Waals surface area (Å²) >= 11 is 0. The van der Waals surface area contributed by atoms with Crippen LogP contribution in [0.5, 0.6) is 5.75 Å². The molecule has 7 heteroatoms. The summed E-state index contributed by atoms with van der Waals surface area (Å²) in [6.07, 6.45) is 2.05. The highest BCUT2D eigenvalue weighted by atomic mass is 16.5. The molecule has 1 aliphatic heterocycles. The fourth-order valence-electron chi connectivity index (χ4n) is 5.34. The van der Waals surface area contributed by atoms with E-state index >= 15 is 0 Å². The normalized spacial score (nSPS) is 14.4. The number of hydrogen-bond acceptors (Lipinski definition) is 3. The predicted octanol–water partition coefficient (Wildman–Crippen LogP) is 6.73. The molecule has 0 saturated heterocycles. The Bertz CT molecular complexity index is 1650. The molecule has 0 spiro atoms. The Balaban J connectivity index is 1.53. The molecule has 0 bridgehead atoms. The number of aryl methyl sites for hydroxylation is 3. The average Bonchev–Trinajstić information content (AvgIpc) is 3.51. The molecule has 0 aliphatic carbocycles. The lowest BCUT2D eigenvalue weighted by molar-refractivity contribution is 0.194. The van der Waals surface area contributed by atoms with Gasteiger partial charge in [0, 0.05) is 17.4 Å². The molecule has 1 N–H and O–H groups in total. The lowest BCUT2D eigenvalue weighted by Gasteiger charge is -2.31. The quantitative estimate of drug-likeness (QED) is 0.287. The molecule has 0 fully saturated rings. The molecule has 6 rings (SSSR count). The molecule has 0 saturated carbocycles. The Kier molecular flexibility index (Phi) is 6.19. The number of hydrogen-bond donors (Lipinski definition) is 1. The number of nitrogens with one attached hydrogen (secondary N) is 1. The van der Waals surface area contributed by atoms with E-state index in [1.807, 2.05) is 103 Å². The summed E-state index contributed by atoms with van der Waals surface area (Å²) in [6.45, 7) is 6.44. The first-order chi connectivity index (χ1) is 18.9. The van der Waals surface area contributed by atoms with Crippen LogP contribution in [0, 0.1) is 20.8 Å². The first kappa shape index (κ1) is 24.6. The number of carbonyl (C=O) groups excluding carboxylic acids is 1. The predicted molar refractivity (Wildman–Crippen MR) is 153 cm³/mol. The third kappa shape index (κ3) is 4.36. The van der Waals surface area contributed by atoms with Crippen molar-refractivity contribution in [2.75, 3.05) is 12.4 Å². The molecule has 0 unspecified atom stereocenters. The smallest absolute Gasteiger partial charge is 0.322 e. The summed E-state index contributed by atoms with van der Waals surface area (Å²) in [5, 5.41) is 8.14. The van der Waals surface area contributed by atoms with Crippen LogP contribution in [-0.2, 0) is 6.54 Å². The van der Waals surface area contributed by atoms with Crippen molar-refractivity contribution in [1.82, 2.24) is 19.2 Å². The van der Waals surface area contributed by atoms with Gasteiger partial charge in [-0.3, -0.25) is 0 Å². The number of nitrogens with zero attached hydrogens (tertiary/aromatic N) is 4. The van der Waals surface area contributed by atoms with Gasteiger partial charge in [-0.05, 0) is 79.9 Å². The fraction of sp³-hybridized carbons (Fsp3) is 0.188. The molecular weight excluding hydrogens is 486 g/mol. The number of ether oxygens (including phenoxy) is 1. The van der Waals surface area contributed by atoms with E-state index in [1.165, 1.54) is 0 Å². The topological polar surface area (TPSA) is 64.3 Å². The van der Waals surface area contributed by atoms with Crippen molar-refractivity contribution in [3.8, 4) is 17.3 Å². The van der Waals surface area contributed by atoms with Crippen LogP contribution in [-0.4, -0.2) is 32.4 Å². The first-order valence-electron chi connectivity index (χ1n) is 13.0. The standard InChI is InChI=1S/C32H31N5O2/c1-21-12-13-22(2)28(19-21)33-32(38)36-20-27-23(3)34-37(25-9-6-5-7-10-25)31(27)35-18-8-11-29(35)30(36)24-14-16-26(39-4)17-15-24/h5-19,30H,20H2,1-4H3,(H,33,38)/t30-/m0/s1.